The third kappa shape index (κ3) is 6.48. The predicted molar refractivity (Wildman–Crippen MR) is 137 cm³/mol. The van der Waals surface area contributed by atoms with Crippen LogP contribution in [0.1, 0.15) is 37.7 Å². The molecule has 4 rings (SSSR count). The number of primary amides is 1. The van der Waals surface area contributed by atoms with E-state index < -0.39 is 5.91 Å². The number of aliphatic imine (C=N–C) groups is 2. The molecule has 0 spiro atoms. The zero-order valence-corrected chi connectivity index (χ0v) is 19.8. The van der Waals surface area contributed by atoms with Crippen LogP contribution in [0.5, 0.6) is 0 Å². The van der Waals surface area contributed by atoms with Crippen LogP contribution >= 0.6 is 0 Å². The minimum Gasteiger partial charge on any atom is -0.389 e. The molecule has 1 aromatic carbocycles. The zero-order chi connectivity index (χ0) is 24.6. The molecule has 1 aliphatic carbocycles. The molecule has 0 bridgehead atoms. The predicted octanol–water partition coefficient (Wildman–Crippen LogP) is 0.565. The second kappa shape index (κ2) is 11.7. The van der Waals surface area contributed by atoms with E-state index in [2.05, 4.69) is 38.8 Å². The summed E-state index contributed by atoms with van der Waals surface area (Å²) in [4.78, 5) is 32.2. The Kier molecular flexibility index (Phi) is 8.15. The number of nitrogens with zero attached hydrogens (tertiary/aromatic N) is 4. The van der Waals surface area contributed by atoms with Gasteiger partial charge in [-0.1, -0.05) is 36.4 Å². The van der Waals surface area contributed by atoms with E-state index in [0.29, 0.717) is 32.5 Å². The molecule has 8 nitrogen and oxygen atoms in total. The lowest BCUT2D eigenvalue weighted by Crippen LogP contribution is -2.36. The number of aliphatic hydroxyl groups is 1. The molecule has 0 saturated heterocycles. The van der Waals surface area contributed by atoms with Gasteiger partial charge in [0.05, 0.1) is 5.71 Å². The van der Waals surface area contributed by atoms with E-state index in [0.717, 1.165) is 35.5 Å². The standard InChI is InChI=1S/C27H31N5O3/c28-27(35)24-17-32(19-29-24)23(18-33)13-15-31-14-12-21-10-11-22(16-25(21)31)30-26(34)9-5-4-8-20-6-2-1-3-7-20/h1-3,6-7,10,12,14,16-17,23,33H,4-5,8-9,11,13,15,18-19H2,(H-,28,35)/p+1/t23-/m1/s1. The van der Waals surface area contributed by atoms with Crippen molar-refractivity contribution in [3.8, 4) is 0 Å². The maximum absolute atomic E-state index is 12.4. The van der Waals surface area contributed by atoms with E-state index in [1.54, 1.807) is 6.21 Å². The molecule has 2 amide bonds. The molecule has 0 unspecified atom stereocenters. The maximum Gasteiger partial charge on any atom is 0.273 e. The highest BCUT2D eigenvalue weighted by atomic mass is 16.3. The maximum atomic E-state index is 12.4. The van der Waals surface area contributed by atoms with Crippen LogP contribution in [-0.4, -0.2) is 63.0 Å². The quantitative estimate of drug-likeness (QED) is 0.367. The Balaban J connectivity index is 1.34. The van der Waals surface area contributed by atoms with Gasteiger partial charge in [0.15, 0.2) is 18.0 Å². The molecule has 182 valence electrons. The Morgan fingerprint density at radius 2 is 2.03 bits per heavy atom. The van der Waals surface area contributed by atoms with Gasteiger partial charge in [0, 0.05) is 37.4 Å². The zero-order valence-electron chi connectivity index (χ0n) is 19.8. The molecular formula is C27H32N5O3+. The van der Waals surface area contributed by atoms with Gasteiger partial charge < -0.3 is 15.4 Å². The molecule has 3 N–H and O–H groups in total. The lowest BCUT2D eigenvalue weighted by Gasteiger charge is -2.12. The van der Waals surface area contributed by atoms with Gasteiger partial charge >= 0.3 is 0 Å². The summed E-state index contributed by atoms with van der Waals surface area (Å²) < 4.78 is 3.95. The summed E-state index contributed by atoms with van der Waals surface area (Å²) in [6, 6.07) is 12.2. The summed E-state index contributed by atoms with van der Waals surface area (Å²) >= 11 is 0. The van der Waals surface area contributed by atoms with Crippen molar-refractivity contribution in [2.45, 2.75) is 51.1 Å². The van der Waals surface area contributed by atoms with Crippen molar-refractivity contribution in [2.75, 3.05) is 13.3 Å². The van der Waals surface area contributed by atoms with Crippen molar-refractivity contribution in [1.29, 1.82) is 0 Å². The van der Waals surface area contributed by atoms with E-state index in [4.69, 9.17) is 5.73 Å². The van der Waals surface area contributed by atoms with Crippen LogP contribution in [0.3, 0.4) is 0 Å². The van der Waals surface area contributed by atoms with Crippen LogP contribution in [0.15, 0.2) is 52.6 Å². The number of unbranched alkanes of at least 4 members (excludes halogenated alkanes) is 1. The fraction of sp³-hybridized carbons (Fsp3) is 0.370. The molecular weight excluding hydrogens is 442 g/mol. The van der Waals surface area contributed by atoms with E-state index >= 15 is 0 Å². The average Bonchev–Trinajstić information content (AvgIpc) is 3.51. The third-order valence-corrected chi connectivity index (χ3v) is 6.42. The first-order chi connectivity index (χ1) is 17.0. The number of carbonyl (C=O) groups excluding carboxylic acids is 2. The largest absolute Gasteiger partial charge is 0.389 e. The Labute approximate surface area is 204 Å². The van der Waals surface area contributed by atoms with Gasteiger partial charge in [-0.05, 0) is 42.2 Å². The topological polar surface area (TPSA) is 113 Å². The summed E-state index contributed by atoms with van der Waals surface area (Å²) in [6.45, 7) is 0.933. The lowest BCUT2D eigenvalue weighted by molar-refractivity contribution is -0.560. The van der Waals surface area contributed by atoms with Crippen LogP contribution in [0.4, 0.5) is 0 Å². The number of benzene rings is 1. The van der Waals surface area contributed by atoms with Crippen LogP contribution in [0, 0.1) is 0 Å². The number of fused-ring (bicyclic) bond motifs is 1. The summed E-state index contributed by atoms with van der Waals surface area (Å²) in [5, 5.41) is 12.0. The summed E-state index contributed by atoms with van der Waals surface area (Å²) in [5.41, 5.74) is 7.60. The molecule has 35 heavy (non-hydrogen) atoms. The third-order valence-electron chi connectivity index (χ3n) is 6.42. The van der Waals surface area contributed by atoms with E-state index in [1.165, 1.54) is 5.56 Å². The summed E-state index contributed by atoms with van der Waals surface area (Å²) in [6.07, 6.45) is 12.2. The number of amides is 2. The normalized spacial score (nSPS) is 16.7. The minimum atomic E-state index is -0.564. The van der Waals surface area contributed by atoms with Crippen molar-refractivity contribution in [2.24, 2.45) is 15.7 Å². The number of aryl methyl sites for hydroxylation is 2. The van der Waals surface area contributed by atoms with Crippen molar-refractivity contribution in [3.05, 3.63) is 58.7 Å². The van der Waals surface area contributed by atoms with Gasteiger partial charge in [0.25, 0.3) is 5.91 Å². The van der Waals surface area contributed by atoms with E-state index in [-0.39, 0.29) is 24.3 Å². The number of aliphatic hydroxyl groups excluding tert-OH is 1. The van der Waals surface area contributed by atoms with Gasteiger partial charge in [-0.15, -0.1) is 0 Å². The number of carbonyl (C=O) groups is 2. The first-order valence-electron chi connectivity index (χ1n) is 12.1. The number of aromatic nitrogens is 1. The average molecular weight is 475 g/mol. The first-order valence-corrected chi connectivity index (χ1v) is 12.1. The molecule has 2 aliphatic rings. The van der Waals surface area contributed by atoms with Gasteiger partial charge in [-0.25, -0.2) is 14.6 Å². The highest BCUT2D eigenvalue weighted by Gasteiger charge is 2.26. The fourth-order valence-electron chi connectivity index (χ4n) is 4.42. The highest BCUT2D eigenvalue weighted by Crippen LogP contribution is 2.08. The number of hydrogen-bond acceptors (Lipinski definition) is 4. The van der Waals surface area contributed by atoms with Crippen LogP contribution in [0.2, 0.25) is 0 Å². The minimum absolute atomic E-state index is 0.0527. The second-order valence-corrected chi connectivity index (χ2v) is 8.91. The van der Waals surface area contributed by atoms with Gasteiger partial charge in [-0.2, -0.15) is 0 Å². The van der Waals surface area contributed by atoms with E-state index in [1.807, 2.05) is 35.0 Å². The van der Waals surface area contributed by atoms with E-state index in [9.17, 15) is 14.7 Å². The van der Waals surface area contributed by atoms with Crippen LogP contribution in [0.25, 0.3) is 12.2 Å². The Bertz CT molecular complexity index is 1290. The Morgan fingerprint density at radius 1 is 1.20 bits per heavy atom. The van der Waals surface area contributed by atoms with Crippen molar-refractivity contribution in [1.82, 2.24) is 4.57 Å². The lowest BCUT2D eigenvalue weighted by atomic mass is 10.1. The molecule has 0 radical (unpaired) electrons. The van der Waals surface area contributed by atoms with Crippen molar-refractivity contribution >= 4 is 41.6 Å². The fourth-order valence-corrected chi connectivity index (χ4v) is 4.42. The second-order valence-electron chi connectivity index (χ2n) is 8.91. The van der Waals surface area contributed by atoms with Gasteiger partial charge in [0.2, 0.25) is 12.6 Å². The van der Waals surface area contributed by atoms with Gasteiger partial charge in [0.1, 0.15) is 6.61 Å². The summed E-state index contributed by atoms with van der Waals surface area (Å²) in [5.74, 6) is -0.638. The molecule has 8 heteroatoms. The molecule has 2 heterocycles. The number of rotatable bonds is 11. The Hall–Kier alpha value is -3.65. The van der Waals surface area contributed by atoms with Gasteiger partial charge in [-0.3, -0.25) is 9.59 Å². The first kappa shape index (κ1) is 24.5. The molecule has 1 atom stereocenters. The van der Waals surface area contributed by atoms with Crippen molar-refractivity contribution < 1.29 is 19.3 Å². The molecule has 0 fully saturated rings. The Morgan fingerprint density at radius 3 is 2.77 bits per heavy atom. The van der Waals surface area contributed by atoms with Crippen molar-refractivity contribution in [3.63, 3.8) is 0 Å². The molecule has 1 aromatic heterocycles. The van der Waals surface area contributed by atoms with Crippen LogP contribution in [-0.2, 0) is 22.6 Å². The highest BCUT2D eigenvalue weighted by molar-refractivity contribution is 6.59. The van der Waals surface area contributed by atoms with Crippen LogP contribution < -0.4 is 16.3 Å². The number of hydrogen-bond donors (Lipinski definition) is 2. The summed E-state index contributed by atoms with van der Waals surface area (Å²) in [7, 11) is 0. The molecule has 0 saturated carbocycles. The molecule has 1 aliphatic heterocycles. The number of nitrogens with two attached hydrogens (primary N) is 1. The smallest absolute Gasteiger partial charge is 0.273 e. The SMILES string of the molecule is NC(=O)C1=NC[N+]([C@@H](CO)CCn2ccc3c2=CC(=NC(=O)CCCCc2ccccc2)CC=3)=C1. The monoisotopic (exact) mass is 474 g/mol. The molecule has 2 aromatic rings.